The van der Waals surface area contributed by atoms with Crippen LogP contribution in [-0.2, 0) is 6.18 Å². The smallest absolute Gasteiger partial charge is 0.417 e. The molecule has 158 valence electrons. The van der Waals surface area contributed by atoms with Gasteiger partial charge in [-0.15, -0.1) is 0 Å². The number of carbonyl (C=O) groups excluding carboxylic acids is 2. The molecule has 0 saturated carbocycles. The van der Waals surface area contributed by atoms with Crippen molar-refractivity contribution in [2.75, 3.05) is 13.1 Å². The van der Waals surface area contributed by atoms with Crippen LogP contribution in [0.15, 0.2) is 36.4 Å². The van der Waals surface area contributed by atoms with Crippen molar-refractivity contribution in [2.24, 2.45) is 0 Å². The third-order valence-corrected chi connectivity index (χ3v) is 5.96. The Hall–Kier alpha value is -2.83. The van der Waals surface area contributed by atoms with Crippen molar-refractivity contribution in [1.29, 1.82) is 0 Å². The van der Waals surface area contributed by atoms with Crippen LogP contribution < -0.4 is 4.74 Å². The Bertz CT molecular complexity index is 1020. The molecule has 7 heteroatoms. The summed E-state index contributed by atoms with van der Waals surface area (Å²) < 4.78 is 46.1. The Kier molecular flexibility index (Phi) is 4.87. The number of hydrogen-bond acceptors (Lipinski definition) is 3. The molecule has 1 fully saturated rings. The molecule has 1 saturated heterocycles. The molecule has 0 aliphatic carbocycles. The molecule has 0 bridgehead atoms. The fraction of sp³-hybridized carbons (Fsp3) is 0.391. The van der Waals surface area contributed by atoms with Crippen molar-refractivity contribution in [3.8, 4) is 5.75 Å². The van der Waals surface area contributed by atoms with Crippen LogP contribution in [0.3, 0.4) is 0 Å². The van der Waals surface area contributed by atoms with Crippen LogP contribution in [0.1, 0.15) is 56.7 Å². The fourth-order valence-corrected chi connectivity index (χ4v) is 4.50. The molecule has 1 spiro atoms. The first-order valence-corrected chi connectivity index (χ1v) is 9.89. The number of likely N-dealkylation sites (tertiary alicyclic amines) is 1. The second-order valence-electron chi connectivity index (χ2n) is 8.18. The van der Waals surface area contributed by atoms with Crippen molar-refractivity contribution in [2.45, 2.75) is 44.9 Å². The van der Waals surface area contributed by atoms with Crippen LogP contribution in [0.5, 0.6) is 5.75 Å². The zero-order chi connectivity index (χ0) is 21.7. The van der Waals surface area contributed by atoms with E-state index in [1.165, 1.54) is 23.1 Å². The molecule has 4 nitrogen and oxygen atoms in total. The van der Waals surface area contributed by atoms with Gasteiger partial charge in [-0.2, -0.15) is 13.2 Å². The minimum Gasteiger partial charge on any atom is -0.486 e. The summed E-state index contributed by atoms with van der Waals surface area (Å²) in [6, 6.07) is 8.61. The van der Waals surface area contributed by atoms with Crippen molar-refractivity contribution in [3.05, 3.63) is 64.2 Å². The SMILES string of the molecule is Cc1cc(C)c2c(c1)OC1(CCN(C(=O)c3ccccc3C(F)(F)F)CC1)CC2=O. The minimum atomic E-state index is -4.60. The normalized spacial score (nSPS) is 18.2. The molecule has 2 aliphatic heterocycles. The summed E-state index contributed by atoms with van der Waals surface area (Å²) in [6.07, 6.45) is -3.59. The van der Waals surface area contributed by atoms with Gasteiger partial charge in [0, 0.05) is 25.9 Å². The van der Waals surface area contributed by atoms with E-state index in [0.717, 1.165) is 17.2 Å². The van der Waals surface area contributed by atoms with Gasteiger partial charge in [0.2, 0.25) is 0 Å². The Morgan fingerprint density at radius 2 is 1.77 bits per heavy atom. The lowest BCUT2D eigenvalue weighted by Crippen LogP contribution is -2.52. The van der Waals surface area contributed by atoms with Gasteiger partial charge in [0.15, 0.2) is 5.78 Å². The lowest BCUT2D eigenvalue weighted by molar-refractivity contribution is -0.138. The fourth-order valence-electron chi connectivity index (χ4n) is 4.50. The molecule has 2 aromatic rings. The average molecular weight is 417 g/mol. The van der Waals surface area contributed by atoms with Gasteiger partial charge in [-0.05, 0) is 43.2 Å². The third kappa shape index (κ3) is 3.57. The number of nitrogens with zero attached hydrogens (tertiary/aromatic N) is 1. The first-order valence-electron chi connectivity index (χ1n) is 9.89. The number of Topliss-reactive ketones (excluding diaryl/α,β-unsaturated/α-hetero) is 1. The maximum absolute atomic E-state index is 13.3. The number of hydrogen-bond donors (Lipinski definition) is 0. The highest BCUT2D eigenvalue weighted by molar-refractivity contribution is 6.02. The van der Waals surface area contributed by atoms with E-state index < -0.39 is 23.2 Å². The van der Waals surface area contributed by atoms with Gasteiger partial charge in [0.05, 0.1) is 23.1 Å². The minimum absolute atomic E-state index is 0.0101. The van der Waals surface area contributed by atoms with E-state index in [2.05, 4.69) is 0 Å². The van der Waals surface area contributed by atoms with Gasteiger partial charge >= 0.3 is 6.18 Å². The second-order valence-corrected chi connectivity index (χ2v) is 8.18. The van der Waals surface area contributed by atoms with Gasteiger partial charge in [-0.1, -0.05) is 18.2 Å². The van der Waals surface area contributed by atoms with Gasteiger partial charge in [0.1, 0.15) is 11.4 Å². The molecule has 4 rings (SSSR count). The maximum Gasteiger partial charge on any atom is 0.417 e. The molecular weight excluding hydrogens is 395 g/mol. The number of aryl methyl sites for hydroxylation is 2. The van der Waals surface area contributed by atoms with Crippen LogP contribution in [0.4, 0.5) is 13.2 Å². The van der Waals surface area contributed by atoms with E-state index in [1.54, 1.807) is 0 Å². The highest BCUT2D eigenvalue weighted by atomic mass is 19.4. The topological polar surface area (TPSA) is 46.6 Å². The molecule has 0 atom stereocenters. The summed E-state index contributed by atoms with van der Waals surface area (Å²) in [4.78, 5) is 27.0. The number of benzene rings is 2. The summed E-state index contributed by atoms with van der Waals surface area (Å²) in [7, 11) is 0. The first-order chi connectivity index (χ1) is 14.1. The van der Waals surface area contributed by atoms with Gasteiger partial charge < -0.3 is 9.64 Å². The number of ketones is 1. The van der Waals surface area contributed by atoms with Crippen LogP contribution in [0, 0.1) is 13.8 Å². The molecular formula is C23H22F3NO3. The first kappa shape index (κ1) is 20.4. The standard InChI is InChI=1S/C23H22F3NO3/c1-14-11-15(2)20-18(28)13-22(30-19(20)12-14)7-9-27(10-8-22)21(29)16-5-3-4-6-17(16)23(24,25)26/h3-6,11-12H,7-10,13H2,1-2H3. The molecule has 0 aromatic heterocycles. The summed E-state index contributed by atoms with van der Waals surface area (Å²) in [6.45, 7) is 4.28. The van der Waals surface area contributed by atoms with E-state index in [-0.39, 0.29) is 30.9 Å². The van der Waals surface area contributed by atoms with Crippen LogP contribution in [0.2, 0.25) is 0 Å². The zero-order valence-corrected chi connectivity index (χ0v) is 16.8. The molecule has 2 aliphatic rings. The van der Waals surface area contributed by atoms with E-state index in [1.807, 2.05) is 26.0 Å². The number of piperidine rings is 1. The Morgan fingerprint density at radius 3 is 2.43 bits per heavy atom. The number of alkyl halides is 3. The van der Waals surface area contributed by atoms with E-state index in [9.17, 15) is 22.8 Å². The van der Waals surface area contributed by atoms with Crippen molar-refractivity contribution >= 4 is 11.7 Å². The molecule has 0 unspecified atom stereocenters. The lowest BCUT2D eigenvalue weighted by Gasteiger charge is -2.44. The number of fused-ring (bicyclic) bond motifs is 1. The lowest BCUT2D eigenvalue weighted by atomic mass is 9.81. The average Bonchev–Trinajstić information content (AvgIpc) is 2.66. The summed E-state index contributed by atoms with van der Waals surface area (Å²) >= 11 is 0. The van der Waals surface area contributed by atoms with E-state index in [4.69, 9.17) is 4.74 Å². The highest BCUT2D eigenvalue weighted by Crippen LogP contribution is 2.41. The van der Waals surface area contributed by atoms with E-state index >= 15 is 0 Å². The third-order valence-electron chi connectivity index (χ3n) is 5.96. The molecule has 0 radical (unpaired) electrons. The molecule has 30 heavy (non-hydrogen) atoms. The number of amides is 1. The van der Waals surface area contributed by atoms with Crippen molar-refractivity contribution < 1.29 is 27.5 Å². The van der Waals surface area contributed by atoms with Crippen molar-refractivity contribution in [3.63, 3.8) is 0 Å². The highest BCUT2D eigenvalue weighted by Gasteiger charge is 2.45. The van der Waals surface area contributed by atoms with Crippen molar-refractivity contribution in [1.82, 2.24) is 4.90 Å². The zero-order valence-electron chi connectivity index (χ0n) is 16.8. The Balaban J connectivity index is 1.54. The molecule has 2 heterocycles. The van der Waals surface area contributed by atoms with Crippen LogP contribution in [0.25, 0.3) is 0 Å². The van der Waals surface area contributed by atoms with Crippen LogP contribution >= 0.6 is 0 Å². The molecule has 0 N–H and O–H groups in total. The molecule has 1 amide bonds. The summed E-state index contributed by atoms with van der Waals surface area (Å²) in [5, 5.41) is 0. The Morgan fingerprint density at radius 1 is 1.10 bits per heavy atom. The van der Waals surface area contributed by atoms with Crippen LogP contribution in [-0.4, -0.2) is 35.3 Å². The Labute approximate surface area is 172 Å². The summed E-state index contributed by atoms with van der Waals surface area (Å²) in [5.74, 6) is -0.0751. The van der Waals surface area contributed by atoms with Gasteiger partial charge in [-0.3, -0.25) is 9.59 Å². The van der Waals surface area contributed by atoms with Gasteiger partial charge in [-0.25, -0.2) is 0 Å². The predicted octanol–water partition coefficient (Wildman–Crippen LogP) is 4.96. The number of rotatable bonds is 1. The number of carbonyl (C=O) groups is 2. The quantitative estimate of drug-likeness (QED) is 0.659. The van der Waals surface area contributed by atoms with E-state index in [0.29, 0.717) is 24.2 Å². The summed E-state index contributed by atoms with van der Waals surface area (Å²) in [5.41, 5.74) is 0.472. The van der Waals surface area contributed by atoms with Gasteiger partial charge in [0.25, 0.3) is 5.91 Å². The molecule has 2 aromatic carbocycles. The largest absolute Gasteiger partial charge is 0.486 e. The predicted molar refractivity (Wildman–Crippen MR) is 105 cm³/mol. The maximum atomic E-state index is 13.3. The number of halogens is 3. The second kappa shape index (κ2) is 7.15. The number of ether oxygens (including phenoxy) is 1. The monoisotopic (exact) mass is 417 g/mol.